The average molecular weight is 232 g/mol. The molecule has 0 saturated heterocycles. The van der Waals surface area contributed by atoms with E-state index < -0.39 is 0 Å². The molecule has 0 bridgehead atoms. The monoisotopic (exact) mass is 232 g/mol. The van der Waals surface area contributed by atoms with Crippen molar-refractivity contribution in [3.05, 3.63) is 46.8 Å². The highest BCUT2D eigenvalue weighted by atomic mass is 32.1. The van der Waals surface area contributed by atoms with E-state index in [1.807, 2.05) is 28.8 Å². The molecule has 0 aliphatic heterocycles. The van der Waals surface area contributed by atoms with Gasteiger partial charge in [0.2, 0.25) is 0 Å². The Labute approximate surface area is 98.5 Å². The molecule has 0 fully saturated rings. The first-order valence-electron chi connectivity index (χ1n) is 5.05. The molecule has 0 unspecified atom stereocenters. The highest BCUT2D eigenvalue weighted by Crippen LogP contribution is 2.09. The molecule has 0 amide bonds. The van der Waals surface area contributed by atoms with Crippen LogP contribution in [0.3, 0.4) is 0 Å². The van der Waals surface area contributed by atoms with Crippen molar-refractivity contribution >= 4 is 28.1 Å². The minimum absolute atomic E-state index is 0.0437. The summed E-state index contributed by atoms with van der Waals surface area (Å²) < 4.78 is 2.00. The van der Waals surface area contributed by atoms with Gasteiger partial charge in [0, 0.05) is 30.6 Å². The fraction of sp³-hybridized carbons (Fsp3) is 0.167. The van der Waals surface area contributed by atoms with Crippen LogP contribution in [0.15, 0.2) is 41.3 Å². The summed E-state index contributed by atoms with van der Waals surface area (Å²) in [4.78, 5) is 12.1. The molecular weight excluding hydrogens is 220 g/mol. The highest BCUT2D eigenvalue weighted by Gasteiger charge is 2.01. The van der Waals surface area contributed by atoms with Gasteiger partial charge in [-0.05, 0) is 12.1 Å². The van der Waals surface area contributed by atoms with Crippen LogP contribution < -0.4 is 11.2 Å². The number of nitrogens with two attached hydrogens (primary N) is 1. The second-order valence-corrected chi connectivity index (χ2v) is 4.13. The number of thiocarbonyl (C=S) groups is 1. The minimum atomic E-state index is 0.0437. The Kier molecular flexibility index (Phi) is 3.01. The number of hydrogen-bond donors (Lipinski definition) is 1. The van der Waals surface area contributed by atoms with Gasteiger partial charge in [0.05, 0.1) is 10.5 Å². The molecule has 0 radical (unpaired) electrons. The van der Waals surface area contributed by atoms with E-state index in [4.69, 9.17) is 18.0 Å². The van der Waals surface area contributed by atoms with E-state index in [1.54, 1.807) is 12.3 Å². The molecule has 0 aliphatic carbocycles. The van der Waals surface area contributed by atoms with Crippen LogP contribution in [0.2, 0.25) is 0 Å². The third kappa shape index (κ3) is 2.12. The average Bonchev–Trinajstić information content (AvgIpc) is 2.28. The van der Waals surface area contributed by atoms with E-state index in [9.17, 15) is 4.79 Å². The molecule has 0 aliphatic rings. The number of pyridine rings is 1. The van der Waals surface area contributed by atoms with Gasteiger partial charge in [0.15, 0.2) is 5.43 Å². The standard InChI is InChI=1S/C12H12N2OS/c13-12(16)6-8-14-7-5-11(15)9-3-1-2-4-10(9)14/h1-5,7H,6,8H2,(H2,13,16). The molecule has 3 nitrogen and oxygen atoms in total. The maximum Gasteiger partial charge on any atom is 0.189 e. The van der Waals surface area contributed by atoms with Crippen molar-refractivity contribution in [1.82, 2.24) is 4.57 Å². The van der Waals surface area contributed by atoms with E-state index in [0.29, 0.717) is 18.0 Å². The predicted octanol–water partition coefficient (Wildman–Crippen LogP) is 1.68. The van der Waals surface area contributed by atoms with Gasteiger partial charge in [-0.3, -0.25) is 4.79 Å². The highest BCUT2D eigenvalue weighted by molar-refractivity contribution is 7.80. The van der Waals surface area contributed by atoms with E-state index in [-0.39, 0.29) is 5.43 Å². The molecule has 0 atom stereocenters. The van der Waals surface area contributed by atoms with Crippen molar-refractivity contribution in [1.29, 1.82) is 0 Å². The first-order chi connectivity index (χ1) is 7.68. The molecule has 4 heteroatoms. The number of hydrogen-bond acceptors (Lipinski definition) is 2. The molecule has 1 aromatic carbocycles. The van der Waals surface area contributed by atoms with E-state index in [2.05, 4.69) is 0 Å². The lowest BCUT2D eigenvalue weighted by Crippen LogP contribution is -2.14. The Morgan fingerprint density at radius 1 is 1.31 bits per heavy atom. The van der Waals surface area contributed by atoms with Crippen LogP contribution in [0.4, 0.5) is 0 Å². The molecule has 2 N–H and O–H groups in total. The molecule has 1 aromatic heterocycles. The number of aryl methyl sites for hydroxylation is 1. The lowest BCUT2D eigenvalue weighted by Gasteiger charge is -2.09. The summed E-state index contributed by atoms with van der Waals surface area (Å²) in [5.41, 5.74) is 6.44. The van der Waals surface area contributed by atoms with Gasteiger partial charge in [-0.25, -0.2) is 0 Å². The van der Waals surface area contributed by atoms with Crippen LogP contribution in [0, 0.1) is 0 Å². The quantitative estimate of drug-likeness (QED) is 0.819. The van der Waals surface area contributed by atoms with Crippen LogP contribution in [-0.2, 0) is 6.54 Å². The number of nitrogens with zero attached hydrogens (tertiary/aromatic N) is 1. The molecule has 1 heterocycles. The summed E-state index contributed by atoms with van der Waals surface area (Å²) in [6.45, 7) is 0.704. The maximum absolute atomic E-state index is 11.6. The normalized spacial score (nSPS) is 10.5. The number of benzene rings is 1. The first kappa shape index (κ1) is 10.8. The number of fused-ring (bicyclic) bond motifs is 1. The van der Waals surface area contributed by atoms with E-state index in [0.717, 1.165) is 10.9 Å². The Balaban J connectivity index is 2.50. The Hall–Kier alpha value is -1.68. The zero-order valence-corrected chi connectivity index (χ0v) is 9.54. The van der Waals surface area contributed by atoms with Gasteiger partial charge in [0.1, 0.15) is 0 Å². The summed E-state index contributed by atoms with van der Waals surface area (Å²) in [5, 5.41) is 0.730. The van der Waals surface area contributed by atoms with Gasteiger partial charge >= 0.3 is 0 Å². The van der Waals surface area contributed by atoms with Crippen molar-refractivity contribution in [2.75, 3.05) is 0 Å². The lowest BCUT2D eigenvalue weighted by molar-refractivity contribution is 0.749. The zero-order chi connectivity index (χ0) is 11.5. The number of para-hydroxylation sites is 1. The summed E-state index contributed by atoms with van der Waals surface area (Å²) in [6.07, 6.45) is 2.42. The fourth-order valence-electron chi connectivity index (χ4n) is 1.69. The summed E-state index contributed by atoms with van der Waals surface area (Å²) in [7, 11) is 0. The molecule has 82 valence electrons. The van der Waals surface area contributed by atoms with E-state index in [1.165, 1.54) is 0 Å². The smallest absolute Gasteiger partial charge is 0.189 e. The predicted molar refractivity (Wildman–Crippen MR) is 69.6 cm³/mol. The van der Waals surface area contributed by atoms with Crippen LogP contribution in [0.1, 0.15) is 6.42 Å². The van der Waals surface area contributed by atoms with E-state index >= 15 is 0 Å². The van der Waals surface area contributed by atoms with Crippen molar-refractivity contribution in [2.24, 2.45) is 5.73 Å². The summed E-state index contributed by atoms with van der Waals surface area (Å²) in [6, 6.07) is 9.10. The van der Waals surface area contributed by atoms with Gasteiger partial charge in [-0.2, -0.15) is 0 Å². The van der Waals surface area contributed by atoms with Crippen molar-refractivity contribution in [2.45, 2.75) is 13.0 Å². The van der Waals surface area contributed by atoms with Crippen LogP contribution in [0.25, 0.3) is 10.9 Å². The second-order valence-electron chi connectivity index (χ2n) is 3.61. The molecule has 2 aromatic rings. The maximum atomic E-state index is 11.6. The van der Waals surface area contributed by atoms with Crippen LogP contribution in [0.5, 0.6) is 0 Å². The zero-order valence-electron chi connectivity index (χ0n) is 8.72. The lowest BCUT2D eigenvalue weighted by atomic mass is 10.2. The first-order valence-corrected chi connectivity index (χ1v) is 5.46. The summed E-state index contributed by atoms with van der Waals surface area (Å²) in [5.74, 6) is 0. The second kappa shape index (κ2) is 4.45. The molecule has 0 spiro atoms. The summed E-state index contributed by atoms with van der Waals surface area (Å²) >= 11 is 4.85. The van der Waals surface area contributed by atoms with Gasteiger partial charge < -0.3 is 10.3 Å². The Bertz CT molecular complexity index is 589. The molecule has 16 heavy (non-hydrogen) atoms. The van der Waals surface area contributed by atoms with Crippen molar-refractivity contribution in [3.63, 3.8) is 0 Å². The topological polar surface area (TPSA) is 48.0 Å². The minimum Gasteiger partial charge on any atom is -0.393 e. The third-order valence-electron chi connectivity index (χ3n) is 2.48. The van der Waals surface area contributed by atoms with Gasteiger partial charge in [-0.15, -0.1) is 0 Å². The van der Waals surface area contributed by atoms with Gasteiger partial charge in [-0.1, -0.05) is 24.4 Å². The third-order valence-corrected chi connectivity index (χ3v) is 2.69. The largest absolute Gasteiger partial charge is 0.393 e. The van der Waals surface area contributed by atoms with Crippen LogP contribution in [-0.4, -0.2) is 9.56 Å². The molecule has 0 saturated carbocycles. The fourth-order valence-corrected chi connectivity index (χ4v) is 1.78. The molecular formula is C12H12N2OS. The Morgan fingerprint density at radius 3 is 2.81 bits per heavy atom. The molecule has 2 rings (SSSR count). The van der Waals surface area contributed by atoms with Crippen LogP contribution >= 0.6 is 12.2 Å². The van der Waals surface area contributed by atoms with Crippen molar-refractivity contribution in [3.8, 4) is 0 Å². The Morgan fingerprint density at radius 2 is 2.06 bits per heavy atom. The van der Waals surface area contributed by atoms with Gasteiger partial charge in [0.25, 0.3) is 0 Å². The number of aromatic nitrogens is 1. The SMILES string of the molecule is NC(=S)CCn1ccc(=O)c2ccccc21. The van der Waals surface area contributed by atoms with Crippen molar-refractivity contribution < 1.29 is 0 Å². The number of rotatable bonds is 3.